The van der Waals surface area contributed by atoms with Crippen LogP contribution in [0.3, 0.4) is 0 Å². The summed E-state index contributed by atoms with van der Waals surface area (Å²) < 4.78 is 17.3. The fraction of sp³-hybridized carbons (Fsp3) is 0.667. The van der Waals surface area contributed by atoms with Gasteiger partial charge in [-0.3, -0.25) is 4.99 Å². The van der Waals surface area contributed by atoms with E-state index in [9.17, 15) is 0 Å². The van der Waals surface area contributed by atoms with E-state index < -0.39 is 0 Å². The number of benzene rings is 1. The molecule has 160 valence electrons. The number of ether oxygens (including phenoxy) is 3. The number of rotatable bonds is 8. The Hall–Kier alpha value is -1.06. The van der Waals surface area contributed by atoms with Crippen LogP contribution in [0.15, 0.2) is 29.3 Å². The second-order valence-corrected chi connectivity index (χ2v) is 7.71. The number of nitrogens with one attached hydrogen (secondary N) is 2. The molecule has 0 atom stereocenters. The first-order valence-corrected chi connectivity index (χ1v) is 9.89. The van der Waals surface area contributed by atoms with Crippen molar-refractivity contribution in [2.24, 2.45) is 4.99 Å². The first-order valence-electron chi connectivity index (χ1n) is 9.89. The quantitative estimate of drug-likeness (QED) is 0.244. The molecule has 2 N–H and O–H groups in total. The number of halogens is 1. The van der Waals surface area contributed by atoms with E-state index in [2.05, 4.69) is 42.5 Å². The maximum atomic E-state index is 6.04. The molecule has 6 nitrogen and oxygen atoms in total. The van der Waals surface area contributed by atoms with Crippen LogP contribution < -0.4 is 15.4 Å². The summed E-state index contributed by atoms with van der Waals surface area (Å²) in [7, 11) is 1.78. The molecule has 7 heteroatoms. The molecule has 0 aliphatic carbocycles. The van der Waals surface area contributed by atoms with Crippen molar-refractivity contribution in [3.05, 3.63) is 29.8 Å². The Labute approximate surface area is 186 Å². The zero-order chi connectivity index (χ0) is 19.5. The van der Waals surface area contributed by atoms with Gasteiger partial charge in [0.05, 0.1) is 6.10 Å². The molecule has 0 amide bonds. The van der Waals surface area contributed by atoms with Gasteiger partial charge in [-0.2, -0.15) is 0 Å². The average Bonchev–Trinajstić information content (AvgIpc) is 2.64. The van der Waals surface area contributed by atoms with Crippen LogP contribution in [0.2, 0.25) is 0 Å². The van der Waals surface area contributed by atoms with Crippen molar-refractivity contribution in [3.8, 4) is 5.75 Å². The lowest BCUT2D eigenvalue weighted by Crippen LogP contribution is -2.38. The van der Waals surface area contributed by atoms with Crippen molar-refractivity contribution in [1.29, 1.82) is 0 Å². The molecule has 28 heavy (non-hydrogen) atoms. The molecule has 1 aliphatic heterocycles. The number of aliphatic imine (C=N–C) groups is 1. The smallest absolute Gasteiger partial charge is 0.191 e. The molecule has 1 aliphatic rings. The Morgan fingerprint density at radius 1 is 1.18 bits per heavy atom. The largest absolute Gasteiger partial charge is 0.488 e. The van der Waals surface area contributed by atoms with Crippen molar-refractivity contribution in [3.63, 3.8) is 0 Å². The number of para-hydroxylation sites is 1. The predicted octanol–water partition coefficient (Wildman–Crippen LogP) is 3.73. The molecule has 2 rings (SSSR count). The summed E-state index contributed by atoms with van der Waals surface area (Å²) in [5.41, 5.74) is 0.888. The van der Waals surface area contributed by atoms with Gasteiger partial charge in [0.15, 0.2) is 5.96 Å². The second kappa shape index (κ2) is 13.2. The molecule has 0 bridgehead atoms. The van der Waals surface area contributed by atoms with E-state index in [4.69, 9.17) is 14.2 Å². The minimum atomic E-state index is -0.222. The van der Waals surface area contributed by atoms with Gasteiger partial charge in [-0.1, -0.05) is 18.2 Å². The monoisotopic (exact) mass is 505 g/mol. The molecule has 0 spiro atoms. The van der Waals surface area contributed by atoms with E-state index in [1.54, 1.807) is 7.05 Å². The van der Waals surface area contributed by atoms with E-state index in [-0.39, 0.29) is 29.6 Å². The van der Waals surface area contributed by atoms with Crippen LogP contribution >= 0.6 is 24.0 Å². The van der Waals surface area contributed by atoms with Gasteiger partial charge in [0.2, 0.25) is 0 Å². The van der Waals surface area contributed by atoms with Crippen molar-refractivity contribution in [2.75, 3.05) is 33.4 Å². The first kappa shape index (κ1) is 25.0. The normalized spacial score (nSPS) is 15.6. The third kappa shape index (κ3) is 9.93. The van der Waals surface area contributed by atoms with Gasteiger partial charge in [-0.25, -0.2) is 0 Å². The summed E-state index contributed by atoms with van der Waals surface area (Å²) in [4.78, 5) is 4.29. The standard InChI is InChI=1S/C21H35N3O3.HI/c1-21(2,3)27-19-9-6-5-8-17(19)16-24-20(22-4)23-12-7-13-26-18-10-14-25-15-11-18;/h5-6,8-9,18H,7,10-16H2,1-4H3,(H2,22,23,24);1H. The molecular weight excluding hydrogens is 469 g/mol. The molecule has 0 aromatic heterocycles. The Kier molecular flexibility index (Phi) is 11.8. The van der Waals surface area contributed by atoms with Crippen molar-refractivity contribution >= 4 is 29.9 Å². The lowest BCUT2D eigenvalue weighted by Gasteiger charge is -2.23. The lowest BCUT2D eigenvalue weighted by atomic mass is 10.1. The molecule has 1 saturated heterocycles. The summed E-state index contributed by atoms with van der Waals surface area (Å²) in [5, 5.41) is 6.69. The topological polar surface area (TPSA) is 64.1 Å². The fourth-order valence-corrected chi connectivity index (χ4v) is 2.85. The highest BCUT2D eigenvalue weighted by atomic mass is 127. The highest BCUT2D eigenvalue weighted by molar-refractivity contribution is 14.0. The third-order valence-electron chi connectivity index (χ3n) is 4.19. The zero-order valence-electron chi connectivity index (χ0n) is 17.6. The summed E-state index contributed by atoms with van der Waals surface area (Å²) in [5.74, 6) is 1.68. The molecule has 1 aromatic carbocycles. The van der Waals surface area contributed by atoms with Crippen molar-refractivity contribution in [2.45, 2.75) is 58.3 Å². The van der Waals surface area contributed by atoms with Gasteiger partial charge in [-0.05, 0) is 46.1 Å². The Bertz CT molecular complexity index is 585. The molecule has 1 fully saturated rings. The lowest BCUT2D eigenvalue weighted by molar-refractivity contribution is -0.0320. The predicted molar refractivity (Wildman–Crippen MR) is 125 cm³/mol. The van der Waals surface area contributed by atoms with Crippen LogP contribution in [0.5, 0.6) is 5.75 Å². The van der Waals surface area contributed by atoms with E-state index in [0.29, 0.717) is 12.6 Å². The number of guanidine groups is 1. The summed E-state index contributed by atoms with van der Waals surface area (Å²) in [6, 6.07) is 8.10. The molecular formula is C21H36IN3O3. The van der Waals surface area contributed by atoms with Gasteiger partial charge in [0.25, 0.3) is 0 Å². The van der Waals surface area contributed by atoms with Crippen LogP contribution in [-0.2, 0) is 16.0 Å². The first-order chi connectivity index (χ1) is 13.0. The fourth-order valence-electron chi connectivity index (χ4n) is 2.85. The van der Waals surface area contributed by atoms with Crippen molar-refractivity contribution < 1.29 is 14.2 Å². The second-order valence-electron chi connectivity index (χ2n) is 7.71. The van der Waals surface area contributed by atoms with Crippen LogP contribution in [0.4, 0.5) is 0 Å². The highest BCUT2D eigenvalue weighted by Crippen LogP contribution is 2.22. The van der Waals surface area contributed by atoms with Gasteiger partial charge in [0.1, 0.15) is 11.4 Å². The number of nitrogens with zero attached hydrogens (tertiary/aromatic N) is 1. The number of hydrogen-bond acceptors (Lipinski definition) is 4. The zero-order valence-corrected chi connectivity index (χ0v) is 20.0. The maximum Gasteiger partial charge on any atom is 0.191 e. The Balaban J connectivity index is 0.00000392. The molecule has 1 heterocycles. The van der Waals surface area contributed by atoms with Gasteiger partial charge in [0, 0.05) is 45.5 Å². The van der Waals surface area contributed by atoms with Gasteiger partial charge in [-0.15, -0.1) is 24.0 Å². The molecule has 0 radical (unpaired) electrons. The average molecular weight is 505 g/mol. The number of hydrogen-bond donors (Lipinski definition) is 2. The van der Waals surface area contributed by atoms with Crippen LogP contribution in [0.25, 0.3) is 0 Å². The van der Waals surface area contributed by atoms with Gasteiger partial charge < -0.3 is 24.8 Å². The SMILES string of the molecule is CN=C(NCCCOC1CCOCC1)NCc1ccccc1OC(C)(C)C.I. The third-order valence-corrected chi connectivity index (χ3v) is 4.19. The summed E-state index contributed by atoms with van der Waals surface area (Å²) >= 11 is 0. The summed E-state index contributed by atoms with van der Waals surface area (Å²) in [6.07, 6.45) is 3.32. The molecule has 0 saturated carbocycles. The highest BCUT2D eigenvalue weighted by Gasteiger charge is 2.15. The van der Waals surface area contributed by atoms with E-state index in [1.807, 2.05) is 18.2 Å². The van der Waals surface area contributed by atoms with Crippen LogP contribution in [-0.4, -0.2) is 51.1 Å². The van der Waals surface area contributed by atoms with Crippen molar-refractivity contribution in [1.82, 2.24) is 10.6 Å². The molecule has 1 aromatic rings. The minimum Gasteiger partial charge on any atom is -0.488 e. The van der Waals surface area contributed by atoms with Crippen LogP contribution in [0, 0.1) is 0 Å². The maximum absolute atomic E-state index is 6.04. The summed E-state index contributed by atoms with van der Waals surface area (Å²) in [6.45, 7) is 10.0. The minimum absolute atomic E-state index is 0. The van der Waals surface area contributed by atoms with E-state index in [1.165, 1.54) is 0 Å². The van der Waals surface area contributed by atoms with Gasteiger partial charge >= 0.3 is 0 Å². The van der Waals surface area contributed by atoms with Crippen LogP contribution in [0.1, 0.15) is 45.6 Å². The Morgan fingerprint density at radius 2 is 1.89 bits per heavy atom. The van der Waals surface area contributed by atoms with E-state index >= 15 is 0 Å². The molecule has 0 unspecified atom stereocenters. The van der Waals surface area contributed by atoms with E-state index in [0.717, 1.165) is 62.9 Å². The Morgan fingerprint density at radius 3 is 2.57 bits per heavy atom.